The molecule has 1 fully saturated rings. The number of halogens is 1. The van der Waals surface area contributed by atoms with Crippen LogP contribution in [0.2, 0.25) is 5.02 Å². The fraction of sp³-hybridized carbons (Fsp3) is 0.462. The second-order valence-corrected chi connectivity index (χ2v) is 5.13. The zero-order valence-corrected chi connectivity index (χ0v) is 12.3. The highest BCUT2D eigenvalue weighted by atomic mass is 35.5. The fourth-order valence-corrected chi connectivity index (χ4v) is 2.53. The molecule has 0 radical (unpaired) electrons. The van der Waals surface area contributed by atoms with E-state index >= 15 is 0 Å². The molecule has 1 aliphatic rings. The normalized spacial score (nSPS) is 15.5. The Labute approximate surface area is 126 Å². The predicted molar refractivity (Wildman–Crippen MR) is 79.0 cm³/mol. The average molecular weight is 314 g/mol. The van der Waals surface area contributed by atoms with Gasteiger partial charge in [0.2, 0.25) is 0 Å². The monoisotopic (exact) mass is 313 g/mol. The van der Waals surface area contributed by atoms with E-state index in [4.69, 9.17) is 16.3 Å². The third-order valence-corrected chi connectivity index (χ3v) is 3.63. The summed E-state index contributed by atoms with van der Waals surface area (Å²) in [6.07, 6.45) is 1.46. The maximum absolute atomic E-state index is 12.2. The van der Waals surface area contributed by atoms with Crippen LogP contribution in [0.25, 0.3) is 0 Å². The smallest absolute Gasteiger partial charge is 0.294 e. The number of nitrogens with zero attached hydrogens (tertiary/aromatic N) is 1. The molecule has 0 atom stereocenters. The van der Waals surface area contributed by atoms with E-state index in [9.17, 15) is 14.9 Å². The zero-order valence-electron chi connectivity index (χ0n) is 11.5. The molecule has 114 valence electrons. The number of nitro benzene ring substituents is 1. The highest BCUT2D eigenvalue weighted by Gasteiger charge is 2.22. The molecule has 0 saturated carbocycles. The highest BCUT2D eigenvalue weighted by molar-refractivity contribution is 6.34. The topological polar surface area (TPSA) is 93.5 Å². The van der Waals surface area contributed by atoms with Gasteiger partial charge < -0.3 is 15.4 Å². The van der Waals surface area contributed by atoms with Crippen LogP contribution in [0.1, 0.15) is 23.2 Å². The van der Waals surface area contributed by atoms with E-state index in [2.05, 4.69) is 10.6 Å². The van der Waals surface area contributed by atoms with Crippen molar-refractivity contribution in [3.8, 4) is 0 Å². The Morgan fingerprint density at radius 2 is 2.10 bits per heavy atom. The van der Waals surface area contributed by atoms with E-state index in [0.717, 1.165) is 12.8 Å². The number of hydrogen-bond acceptors (Lipinski definition) is 5. The number of nitrogens with one attached hydrogen (secondary N) is 2. The lowest BCUT2D eigenvalue weighted by Gasteiger charge is -2.23. The molecule has 2 N–H and O–H groups in total. The Kier molecular flexibility index (Phi) is 4.98. The van der Waals surface area contributed by atoms with Crippen molar-refractivity contribution >= 4 is 28.9 Å². The van der Waals surface area contributed by atoms with E-state index in [1.807, 2.05) is 0 Å². The standard InChI is InChI=1S/C13H16ClN3O4/c1-15-12-10(14)6-8(7-11(12)17(19)20)13(18)16-9-2-4-21-5-3-9/h6-7,9,15H,2-5H2,1H3,(H,16,18). The minimum Gasteiger partial charge on any atom is -0.381 e. The fourth-order valence-electron chi connectivity index (χ4n) is 2.23. The van der Waals surface area contributed by atoms with Gasteiger partial charge >= 0.3 is 0 Å². The lowest BCUT2D eigenvalue weighted by molar-refractivity contribution is -0.383. The van der Waals surface area contributed by atoms with Gasteiger partial charge in [-0.2, -0.15) is 0 Å². The summed E-state index contributed by atoms with van der Waals surface area (Å²) in [6, 6.07) is 2.68. The van der Waals surface area contributed by atoms with Crippen LogP contribution in [-0.2, 0) is 4.74 Å². The van der Waals surface area contributed by atoms with Crippen LogP contribution in [0, 0.1) is 10.1 Å². The van der Waals surface area contributed by atoms with Crippen molar-refractivity contribution in [2.24, 2.45) is 0 Å². The molecule has 0 aliphatic carbocycles. The first kappa shape index (κ1) is 15.5. The van der Waals surface area contributed by atoms with E-state index in [0.29, 0.717) is 13.2 Å². The number of rotatable bonds is 4. The molecule has 1 aliphatic heterocycles. The SMILES string of the molecule is CNc1c(Cl)cc(C(=O)NC2CCOCC2)cc1[N+](=O)[O-]. The van der Waals surface area contributed by atoms with Crippen LogP contribution in [0.3, 0.4) is 0 Å². The lowest BCUT2D eigenvalue weighted by atomic mass is 10.1. The molecule has 0 bridgehead atoms. The second-order valence-electron chi connectivity index (χ2n) is 4.72. The van der Waals surface area contributed by atoms with Crippen LogP contribution < -0.4 is 10.6 Å². The summed E-state index contributed by atoms with van der Waals surface area (Å²) >= 11 is 6.00. The predicted octanol–water partition coefficient (Wildman–Crippen LogP) is 2.20. The largest absolute Gasteiger partial charge is 0.381 e. The Morgan fingerprint density at radius 3 is 2.67 bits per heavy atom. The van der Waals surface area contributed by atoms with Crippen molar-refractivity contribution in [3.63, 3.8) is 0 Å². The molecule has 7 nitrogen and oxygen atoms in total. The van der Waals surface area contributed by atoms with Crippen molar-refractivity contribution in [1.29, 1.82) is 0 Å². The Morgan fingerprint density at radius 1 is 1.43 bits per heavy atom. The van der Waals surface area contributed by atoms with Gasteiger partial charge in [0, 0.05) is 37.9 Å². The number of anilines is 1. The van der Waals surface area contributed by atoms with Gasteiger partial charge in [-0.15, -0.1) is 0 Å². The molecule has 8 heteroatoms. The second kappa shape index (κ2) is 6.73. The third kappa shape index (κ3) is 3.62. The van der Waals surface area contributed by atoms with Crippen molar-refractivity contribution < 1.29 is 14.5 Å². The molecule has 0 aromatic heterocycles. The van der Waals surface area contributed by atoms with E-state index < -0.39 is 4.92 Å². The molecule has 21 heavy (non-hydrogen) atoms. The molecule has 0 spiro atoms. The molecule has 1 aromatic rings. The summed E-state index contributed by atoms with van der Waals surface area (Å²) in [4.78, 5) is 22.7. The van der Waals surface area contributed by atoms with Gasteiger partial charge in [-0.3, -0.25) is 14.9 Å². The van der Waals surface area contributed by atoms with Crippen LogP contribution in [0.15, 0.2) is 12.1 Å². The van der Waals surface area contributed by atoms with Gasteiger partial charge in [-0.05, 0) is 18.9 Å². The Hall–Kier alpha value is -1.86. The molecule has 1 amide bonds. The molecule has 1 heterocycles. The maximum atomic E-state index is 12.2. The highest BCUT2D eigenvalue weighted by Crippen LogP contribution is 2.33. The summed E-state index contributed by atoms with van der Waals surface area (Å²) in [7, 11) is 1.54. The maximum Gasteiger partial charge on any atom is 0.294 e. The van der Waals surface area contributed by atoms with Gasteiger partial charge in [0.05, 0.1) is 9.95 Å². The van der Waals surface area contributed by atoms with Crippen LogP contribution in [0.4, 0.5) is 11.4 Å². The molecular weight excluding hydrogens is 298 g/mol. The summed E-state index contributed by atoms with van der Waals surface area (Å²) in [5.74, 6) is -0.366. The number of amides is 1. The summed E-state index contributed by atoms with van der Waals surface area (Å²) in [5, 5.41) is 16.7. The number of ether oxygens (including phenoxy) is 1. The van der Waals surface area contributed by atoms with E-state index in [1.165, 1.54) is 19.2 Å². The van der Waals surface area contributed by atoms with Crippen molar-refractivity contribution in [3.05, 3.63) is 32.8 Å². The van der Waals surface area contributed by atoms with Crippen LogP contribution in [0.5, 0.6) is 0 Å². The summed E-state index contributed by atoms with van der Waals surface area (Å²) in [6.45, 7) is 1.20. The molecular formula is C13H16ClN3O4. The number of carbonyl (C=O) groups excluding carboxylic acids is 1. The number of hydrogen-bond donors (Lipinski definition) is 2. The van der Waals surface area contributed by atoms with Gasteiger partial charge in [-0.1, -0.05) is 11.6 Å². The summed E-state index contributed by atoms with van der Waals surface area (Å²) in [5.41, 5.74) is 0.156. The van der Waals surface area contributed by atoms with E-state index in [-0.39, 0.29) is 33.9 Å². The molecule has 2 rings (SSSR count). The van der Waals surface area contributed by atoms with E-state index in [1.54, 1.807) is 0 Å². The molecule has 0 unspecified atom stereocenters. The third-order valence-electron chi connectivity index (χ3n) is 3.33. The zero-order chi connectivity index (χ0) is 15.4. The first-order valence-corrected chi connectivity index (χ1v) is 6.95. The quantitative estimate of drug-likeness (QED) is 0.656. The van der Waals surface area contributed by atoms with Crippen molar-refractivity contribution in [2.45, 2.75) is 18.9 Å². The first-order chi connectivity index (χ1) is 10.0. The van der Waals surface area contributed by atoms with Gasteiger partial charge in [0.1, 0.15) is 5.69 Å². The lowest BCUT2D eigenvalue weighted by Crippen LogP contribution is -2.38. The van der Waals surface area contributed by atoms with Gasteiger partial charge in [0.15, 0.2) is 0 Å². The average Bonchev–Trinajstić information content (AvgIpc) is 2.47. The van der Waals surface area contributed by atoms with Gasteiger partial charge in [0.25, 0.3) is 11.6 Å². The number of benzene rings is 1. The molecule has 1 aromatic carbocycles. The Bertz CT molecular complexity index is 559. The Balaban J connectivity index is 2.22. The van der Waals surface area contributed by atoms with Crippen molar-refractivity contribution in [2.75, 3.05) is 25.6 Å². The minimum absolute atomic E-state index is 0.0214. The van der Waals surface area contributed by atoms with Crippen LogP contribution >= 0.6 is 11.6 Å². The first-order valence-electron chi connectivity index (χ1n) is 6.57. The number of nitro groups is 1. The van der Waals surface area contributed by atoms with Crippen LogP contribution in [-0.4, -0.2) is 37.1 Å². The number of carbonyl (C=O) groups is 1. The minimum atomic E-state index is -0.567. The summed E-state index contributed by atoms with van der Waals surface area (Å²) < 4.78 is 5.22. The van der Waals surface area contributed by atoms with Gasteiger partial charge in [-0.25, -0.2) is 0 Å². The van der Waals surface area contributed by atoms with Crippen molar-refractivity contribution in [1.82, 2.24) is 5.32 Å². The molecule has 1 saturated heterocycles.